The van der Waals surface area contributed by atoms with Crippen molar-refractivity contribution < 1.29 is 18.7 Å². The van der Waals surface area contributed by atoms with Gasteiger partial charge in [0.25, 0.3) is 0 Å². The van der Waals surface area contributed by atoms with Gasteiger partial charge in [-0.25, -0.2) is 9.18 Å². The summed E-state index contributed by atoms with van der Waals surface area (Å²) in [5.41, 5.74) is 2.42. The van der Waals surface area contributed by atoms with Crippen molar-refractivity contribution >= 4 is 21.9 Å². The molecule has 0 aliphatic carbocycles. The van der Waals surface area contributed by atoms with Gasteiger partial charge in [-0.05, 0) is 37.0 Å². The number of aryl methyl sites for hydroxylation is 1. The number of carbonyl (C=O) groups is 1. The summed E-state index contributed by atoms with van der Waals surface area (Å²) in [4.78, 5) is 13.5. The van der Waals surface area contributed by atoms with Gasteiger partial charge in [-0.1, -0.05) is 15.9 Å². The average Bonchev–Trinajstić information content (AvgIpc) is 2.54. The number of rotatable bonds is 3. The molecule has 0 bridgehead atoms. The smallest absolute Gasteiger partial charge is 0.336 e. The van der Waals surface area contributed by atoms with Gasteiger partial charge in [0, 0.05) is 23.1 Å². The van der Waals surface area contributed by atoms with E-state index < -0.39 is 11.8 Å². The highest BCUT2D eigenvalue weighted by atomic mass is 79.9. The van der Waals surface area contributed by atoms with E-state index in [0.29, 0.717) is 19.5 Å². The number of fused-ring (bicyclic) bond motifs is 1. The fraction of sp³-hybridized carbons (Fsp3) is 0.471. The molecule has 0 saturated carbocycles. The van der Waals surface area contributed by atoms with E-state index in [2.05, 4.69) is 26.7 Å². The van der Waals surface area contributed by atoms with Gasteiger partial charge >= 0.3 is 5.97 Å². The van der Waals surface area contributed by atoms with E-state index in [1.807, 2.05) is 11.0 Å². The summed E-state index contributed by atoms with van der Waals surface area (Å²) in [7, 11) is 1.28. The van der Waals surface area contributed by atoms with E-state index in [1.165, 1.54) is 12.7 Å². The SMILES string of the molecule is COC(=O)C1=C(F)CN(Cc2cc(Br)cc3c2OCCC3)CC1. The summed E-state index contributed by atoms with van der Waals surface area (Å²) in [5.74, 6) is -0.0270. The zero-order chi connectivity index (χ0) is 16.4. The molecule has 2 heterocycles. The van der Waals surface area contributed by atoms with E-state index in [9.17, 15) is 9.18 Å². The Morgan fingerprint density at radius 2 is 2.26 bits per heavy atom. The molecule has 23 heavy (non-hydrogen) atoms. The fourth-order valence-electron chi connectivity index (χ4n) is 3.13. The molecule has 0 atom stereocenters. The van der Waals surface area contributed by atoms with E-state index in [-0.39, 0.29) is 12.1 Å². The second-order valence-electron chi connectivity index (χ2n) is 5.84. The molecule has 1 aromatic carbocycles. The second kappa shape index (κ2) is 7.01. The third-order valence-corrected chi connectivity index (χ3v) is 4.70. The zero-order valence-corrected chi connectivity index (χ0v) is 14.6. The van der Waals surface area contributed by atoms with Crippen molar-refractivity contribution in [3.63, 3.8) is 0 Å². The molecule has 0 spiro atoms. The maximum atomic E-state index is 14.2. The maximum Gasteiger partial charge on any atom is 0.336 e. The van der Waals surface area contributed by atoms with Crippen LogP contribution in [0.1, 0.15) is 24.0 Å². The highest BCUT2D eigenvalue weighted by Crippen LogP contribution is 2.34. The Bertz CT molecular complexity index is 659. The minimum atomic E-state index is -0.565. The summed E-state index contributed by atoms with van der Waals surface area (Å²) in [6.07, 6.45) is 2.39. The van der Waals surface area contributed by atoms with Crippen molar-refractivity contribution in [3.8, 4) is 5.75 Å². The van der Waals surface area contributed by atoms with Crippen molar-refractivity contribution in [2.75, 3.05) is 26.8 Å². The van der Waals surface area contributed by atoms with Gasteiger partial charge in [-0.2, -0.15) is 0 Å². The number of ether oxygens (including phenoxy) is 2. The van der Waals surface area contributed by atoms with Crippen molar-refractivity contribution in [2.45, 2.75) is 25.8 Å². The molecule has 0 N–H and O–H groups in total. The quantitative estimate of drug-likeness (QED) is 0.750. The Balaban J connectivity index is 1.78. The van der Waals surface area contributed by atoms with E-state index in [1.54, 1.807) is 0 Å². The van der Waals surface area contributed by atoms with E-state index in [0.717, 1.165) is 35.2 Å². The van der Waals surface area contributed by atoms with Crippen molar-refractivity contribution in [1.82, 2.24) is 4.90 Å². The Morgan fingerprint density at radius 1 is 1.43 bits per heavy atom. The molecule has 0 radical (unpaired) electrons. The summed E-state index contributed by atoms with van der Waals surface area (Å²) in [6, 6.07) is 4.12. The number of benzene rings is 1. The molecule has 0 fully saturated rings. The normalized spacial score (nSPS) is 18.4. The zero-order valence-electron chi connectivity index (χ0n) is 13.0. The Kier molecular flexibility index (Phi) is 5.02. The molecular formula is C17H19BrFNO3. The topological polar surface area (TPSA) is 38.8 Å². The summed E-state index contributed by atoms with van der Waals surface area (Å²) >= 11 is 3.54. The van der Waals surface area contributed by atoms with Crippen LogP contribution in [0.25, 0.3) is 0 Å². The lowest BCUT2D eigenvalue weighted by atomic mass is 10.0. The highest BCUT2D eigenvalue weighted by molar-refractivity contribution is 9.10. The first-order chi connectivity index (χ1) is 11.1. The predicted octanol–water partition coefficient (Wildman–Crippen LogP) is 3.38. The first-order valence-electron chi connectivity index (χ1n) is 7.70. The summed E-state index contributed by atoms with van der Waals surface area (Å²) in [5, 5.41) is 0. The molecule has 2 aliphatic heterocycles. The van der Waals surface area contributed by atoms with Gasteiger partial charge in [0.05, 0.1) is 25.8 Å². The molecule has 0 unspecified atom stereocenters. The Morgan fingerprint density at radius 3 is 3.00 bits per heavy atom. The van der Waals surface area contributed by atoms with Crippen LogP contribution in [-0.2, 0) is 22.5 Å². The number of nitrogens with zero attached hydrogens (tertiary/aromatic N) is 1. The first-order valence-corrected chi connectivity index (χ1v) is 8.50. The predicted molar refractivity (Wildman–Crippen MR) is 88.0 cm³/mol. The Hall–Kier alpha value is -1.40. The van der Waals surface area contributed by atoms with Gasteiger partial charge < -0.3 is 9.47 Å². The number of hydrogen-bond donors (Lipinski definition) is 0. The van der Waals surface area contributed by atoms with E-state index >= 15 is 0 Å². The van der Waals surface area contributed by atoms with Crippen LogP contribution in [0.3, 0.4) is 0 Å². The summed E-state index contributed by atoms with van der Waals surface area (Å²) in [6.45, 7) is 2.08. The number of hydrogen-bond acceptors (Lipinski definition) is 4. The monoisotopic (exact) mass is 383 g/mol. The highest BCUT2D eigenvalue weighted by Gasteiger charge is 2.26. The lowest BCUT2D eigenvalue weighted by molar-refractivity contribution is -0.136. The standard InChI is InChI=1S/C17H19BrFNO3/c1-22-17(21)14-4-5-20(10-15(14)19)9-12-8-13(18)7-11-3-2-6-23-16(11)12/h7-8H,2-6,9-10H2,1H3. The molecule has 0 amide bonds. The molecule has 124 valence electrons. The van der Waals surface area contributed by atoms with Crippen LogP contribution in [-0.4, -0.2) is 37.7 Å². The third kappa shape index (κ3) is 3.58. The van der Waals surface area contributed by atoms with Crippen LogP contribution in [0.5, 0.6) is 5.75 Å². The minimum absolute atomic E-state index is 0.131. The van der Waals surface area contributed by atoms with Crippen molar-refractivity contribution in [3.05, 3.63) is 39.1 Å². The molecule has 0 aromatic heterocycles. The number of halogens is 2. The van der Waals surface area contributed by atoms with Crippen LogP contribution in [0, 0.1) is 0 Å². The van der Waals surface area contributed by atoms with Crippen molar-refractivity contribution in [1.29, 1.82) is 0 Å². The number of carbonyl (C=O) groups excluding carboxylic acids is 1. The number of methoxy groups -OCH3 is 1. The molecule has 4 nitrogen and oxygen atoms in total. The van der Waals surface area contributed by atoms with Gasteiger partial charge in [0.1, 0.15) is 11.6 Å². The van der Waals surface area contributed by atoms with Crippen molar-refractivity contribution in [2.24, 2.45) is 0 Å². The minimum Gasteiger partial charge on any atom is -0.493 e. The third-order valence-electron chi connectivity index (χ3n) is 4.24. The molecule has 6 heteroatoms. The van der Waals surface area contributed by atoms with E-state index in [4.69, 9.17) is 4.74 Å². The number of esters is 1. The van der Waals surface area contributed by atoms with Gasteiger partial charge in [0.15, 0.2) is 0 Å². The second-order valence-corrected chi connectivity index (χ2v) is 6.76. The fourth-order valence-corrected chi connectivity index (χ4v) is 3.68. The lowest BCUT2D eigenvalue weighted by Crippen LogP contribution is -2.32. The molecule has 1 aromatic rings. The molecule has 3 rings (SSSR count). The summed E-state index contributed by atoms with van der Waals surface area (Å²) < 4.78 is 25.6. The van der Waals surface area contributed by atoms with Gasteiger partial charge in [0.2, 0.25) is 0 Å². The Labute approximate surface area is 143 Å². The van der Waals surface area contributed by atoms with Crippen LogP contribution in [0.2, 0.25) is 0 Å². The average molecular weight is 384 g/mol. The van der Waals surface area contributed by atoms with Crippen LogP contribution < -0.4 is 4.74 Å². The molecular weight excluding hydrogens is 365 g/mol. The molecule has 2 aliphatic rings. The van der Waals surface area contributed by atoms with Crippen LogP contribution >= 0.6 is 15.9 Å². The first kappa shape index (κ1) is 16.5. The van der Waals surface area contributed by atoms with Crippen LogP contribution in [0.15, 0.2) is 28.0 Å². The van der Waals surface area contributed by atoms with Crippen LogP contribution in [0.4, 0.5) is 4.39 Å². The maximum absolute atomic E-state index is 14.2. The van der Waals surface area contributed by atoms with Gasteiger partial charge in [-0.3, -0.25) is 4.90 Å². The molecule has 0 saturated heterocycles. The van der Waals surface area contributed by atoms with Gasteiger partial charge in [-0.15, -0.1) is 0 Å². The largest absolute Gasteiger partial charge is 0.493 e. The lowest BCUT2D eigenvalue weighted by Gasteiger charge is -2.29.